The van der Waals surface area contributed by atoms with Gasteiger partial charge in [0, 0.05) is 10.9 Å². The van der Waals surface area contributed by atoms with Crippen molar-refractivity contribution in [1.29, 1.82) is 0 Å². The predicted molar refractivity (Wildman–Crippen MR) is 90.0 cm³/mol. The number of aliphatic hydroxyl groups excluding tert-OH is 1. The first kappa shape index (κ1) is 15.9. The quantitative estimate of drug-likeness (QED) is 0.573. The van der Waals surface area contributed by atoms with Crippen LogP contribution in [0, 0.1) is 11.8 Å². The molecule has 1 nitrogen and oxygen atoms in total. The van der Waals surface area contributed by atoms with Crippen molar-refractivity contribution < 1.29 is 5.11 Å². The van der Waals surface area contributed by atoms with Gasteiger partial charge in [0.25, 0.3) is 0 Å². The highest BCUT2D eigenvalue weighted by Gasteiger charge is 2.20. The fourth-order valence-electron chi connectivity index (χ4n) is 3.35. The first-order valence-corrected chi connectivity index (χ1v) is 8.94. The smallest absolute Gasteiger partial charge is 0.126 e. The van der Waals surface area contributed by atoms with E-state index in [0.29, 0.717) is 5.76 Å². The van der Waals surface area contributed by atoms with Crippen molar-refractivity contribution in [3.63, 3.8) is 0 Å². The molecule has 0 heterocycles. The number of halogens is 1. The molecule has 0 unspecified atom stereocenters. The molecule has 0 aromatic carbocycles. The molecular formula is C18H27BrO. The van der Waals surface area contributed by atoms with Gasteiger partial charge >= 0.3 is 0 Å². The molecule has 2 aliphatic rings. The molecule has 0 saturated heterocycles. The Morgan fingerprint density at radius 1 is 1.20 bits per heavy atom. The van der Waals surface area contributed by atoms with Gasteiger partial charge in [0.05, 0.1) is 0 Å². The lowest BCUT2D eigenvalue weighted by atomic mass is 9.79. The van der Waals surface area contributed by atoms with Crippen molar-refractivity contribution in [2.75, 3.05) is 0 Å². The van der Waals surface area contributed by atoms with Crippen molar-refractivity contribution in [1.82, 2.24) is 0 Å². The third-order valence-corrected chi connectivity index (χ3v) is 5.34. The van der Waals surface area contributed by atoms with Crippen LogP contribution in [0.15, 0.2) is 34.0 Å². The molecule has 1 fully saturated rings. The summed E-state index contributed by atoms with van der Waals surface area (Å²) in [6.45, 7) is 2.28. The van der Waals surface area contributed by atoms with E-state index in [1.54, 1.807) is 6.08 Å². The van der Waals surface area contributed by atoms with Gasteiger partial charge in [-0.3, -0.25) is 0 Å². The molecular weight excluding hydrogens is 312 g/mol. The standard InChI is InChI=1S/C18H27BrO/c1-2-3-4-5-14-6-8-15(9-7-14)12-16-10-11-18(20)17(19)13-16/h10-12,14-15,20H,2-9,13H2,1H3/t14-,15-. The van der Waals surface area contributed by atoms with E-state index < -0.39 is 0 Å². The van der Waals surface area contributed by atoms with E-state index >= 15 is 0 Å². The predicted octanol–water partition coefficient (Wildman–Crippen LogP) is 6.42. The largest absolute Gasteiger partial charge is 0.507 e. The second-order valence-electron chi connectivity index (χ2n) is 6.32. The molecule has 20 heavy (non-hydrogen) atoms. The number of hydrogen-bond acceptors (Lipinski definition) is 1. The Bertz CT molecular complexity index is 398. The summed E-state index contributed by atoms with van der Waals surface area (Å²) in [4.78, 5) is 0. The van der Waals surface area contributed by atoms with Crippen molar-refractivity contribution in [2.45, 2.75) is 64.7 Å². The van der Waals surface area contributed by atoms with Crippen LogP contribution in [0.3, 0.4) is 0 Å². The minimum atomic E-state index is 0.377. The summed E-state index contributed by atoms with van der Waals surface area (Å²) in [5.41, 5.74) is 1.35. The van der Waals surface area contributed by atoms with Crippen LogP contribution in [-0.4, -0.2) is 5.11 Å². The van der Waals surface area contributed by atoms with Crippen molar-refractivity contribution in [2.24, 2.45) is 11.8 Å². The lowest BCUT2D eigenvalue weighted by Gasteiger charge is -2.27. The zero-order valence-electron chi connectivity index (χ0n) is 12.6. The zero-order chi connectivity index (χ0) is 14.4. The molecule has 0 bridgehead atoms. The van der Waals surface area contributed by atoms with Gasteiger partial charge < -0.3 is 5.11 Å². The van der Waals surface area contributed by atoms with Crippen LogP contribution in [0.2, 0.25) is 0 Å². The van der Waals surface area contributed by atoms with E-state index in [1.165, 1.54) is 56.9 Å². The van der Waals surface area contributed by atoms with E-state index in [-0.39, 0.29) is 0 Å². The number of aliphatic hydroxyl groups is 1. The van der Waals surface area contributed by atoms with Gasteiger partial charge in [-0.1, -0.05) is 60.7 Å². The maximum atomic E-state index is 9.56. The van der Waals surface area contributed by atoms with Gasteiger partial charge in [0.15, 0.2) is 0 Å². The fourth-order valence-corrected chi connectivity index (χ4v) is 3.80. The Morgan fingerprint density at radius 3 is 2.60 bits per heavy atom. The van der Waals surface area contributed by atoms with E-state index in [2.05, 4.69) is 35.0 Å². The molecule has 2 rings (SSSR count). The minimum absolute atomic E-state index is 0.377. The SMILES string of the molecule is CCCCC[C@H]1CC[C@H](C=C2C=CC(O)=C(Br)C2)CC1. The molecule has 0 aromatic rings. The van der Waals surface area contributed by atoms with Crippen LogP contribution in [0.25, 0.3) is 0 Å². The van der Waals surface area contributed by atoms with Gasteiger partial charge in [-0.05, 0) is 49.2 Å². The van der Waals surface area contributed by atoms with Gasteiger partial charge in [0.1, 0.15) is 5.76 Å². The molecule has 0 atom stereocenters. The number of unbranched alkanes of at least 4 members (excludes halogenated alkanes) is 2. The van der Waals surface area contributed by atoms with Crippen LogP contribution >= 0.6 is 15.9 Å². The Kier molecular flexibility index (Phi) is 6.41. The molecule has 0 aliphatic heterocycles. The van der Waals surface area contributed by atoms with E-state index in [1.807, 2.05) is 0 Å². The second-order valence-corrected chi connectivity index (χ2v) is 7.28. The van der Waals surface area contributed by atoms with Crippen molar-refractivity contribution in [3.8, 4) is 0 Å². The van der Waals surface area contributed by atoms with Crippen LogP contribution in [0.5, 0.6) is 0 Å². The van der Waals surface area contributed by atoms with Gasteiger partial charge in [-0.15, -0.1) is 0 Å². The third kappa shape index (κ3) is 4.80. The molecule has 0 aromatic heterocycles. The third-order valence-electron chi connectivity index (χ3n) is 4.65. The van der Waals surface area contributed by atoms with Crippen LogP contribution in [0.4, 0.5) is 0 Å². The normalized spacial score (nSPS) is 29.2. The first-order valence-electron chi connectivity index (χ1n) is 8.15. The summed E-state index contributed by atoms with van der Waals surface area (Å²) in [5.74, 6) is 2.10. The van der Waals surface area contributed by atoms with Crippen LogP contribution < -0.4 is 0 Å². The van der Waals surface area contributed by atoms with Crippen molar-refractivity contribution in [3.05, 3.63) is 34.0 Å². The summed E-state index contributed by atoms with van der Waals surface area (Å²) in [6, 6.07) is 0. The Hall–Kier alpha value is -0.500. The highest BCUT2D eigenvalue weighted by molar-refractivity contribution is 9.11. The molecule has 0 spiro atoms. The second kappa shape index (κ2) is 8.07. The summed E-state index contributed by atoms with van der Waals surface area (Å²) >= 11 is 3.44. The zero-order valence-corrected chi connectivity index (χ0v) is 14.2. The molecule has 0 radical (unpaired) electrons. The fraction of sp³-hybridized carbons (Fsp3) is 0.667. The molecule has 1 N–H and O–H groups in total. The van der Waals surface area contributed by atoms with Crippen LogP contribution in [0.1, 0.15) is 64.7 Å². The molecule has 2 aliphatic carbocycles. The maximum Gasteiger partial charge on any atom is 0.126 e. The first-order chi connectivity index (χ1) is 9.69. The maximum absolute atomic E-state index is 9.56. The lowest BCUT2D eigenvalue weighted by Crippen LogP contribution is -2.13. The molecule has 0 amide bonds. The average Bonchev–Trinajstić information content (AvgIpc) is 2.45. The average molecular weight is 339 g/mol. The summed E-state index contributed by atoms with van der Waals surface area (Å²) < 4.78 is 0.916. The topological polar surface area (TPSA) is 20.2 Å². The molecule has 112 valence electrons. The van der Waals surface area contributed by atoms with E-state index in [9.17, 15) is 5.11 Å². The molecule has 2 heteroatoms. The van der Waals surface area contributed by atoms with Gasteiger partial charge in [-0.25, -0.2) is 0 Å². The molecule has 1 saturated carbocycles. The van der Waals surface area contributed by atoms with Gasteiger partial charge in [0.2, 0.25) is 0 Å². The number of hydrogen-bond donors (Lipinski definition) is 1. The Morgan fingerprint density at radius 2 is 1.95 bits per heavy atom. The lowest BCUT2D eigenvalue weighted by molar-refractivity contribution is 0.289. The minimum Gasteiger partial charge on any atom is -0.507 e. The Balaban J connectivity index is 1.76. The Labute approximate surface area is 132 Å². The summed E-state index contributed by atoms with van der Waals surface area (Å²) in [5, 5.41) is 9.56. The highest BCUT2D eigenvalue weighted by Crippen LogP contribution is 2.35. The van der Waals surface area contributed by atoms with Gasteiger partial charge in [-0.2, -0.15) is 0 Å². The number of rotatable bonds is 5. The summed E-state index contributed by atoms with van der Waals surface area (Å²) in [7, 11) is 0. The number of allylic oxidation sites excluding steroid dienone is 5. The monoisotopic (exact) mass is 338 g/mol. The van der Waals surface area contributed by atoms with E-state index in [0.717, 1.165) is 22.7 Å². The van der Waals surface area contributed by atoms with Crippen LogP contribution in [-0.2, 0) is 0 Å². The van der Waals surface area contributed by atoms with Crippen molar-refractivity contribution >= 4 is 15.9 Å². The highest BCUT2D eigenvalue weighted by atomic mass is 79.9. The summed E-state index contributed by atoms with van der Waals surface area (Å²) in [6.07, 6.45) is 18.3. The van der Waals surface area contributed by atoms with E-state index in [4.69, 9.17) is 0 Å².